The van der Waals surface area contributed by atoms with Gasteiger partial charge in [-0.2, -0.15) is 0 Å². The summed E-state index contributed by atoms with van der Waals surface area (Å²) in [7, 11) is -1.73. The lowest BCUT2D eigenvalue weighted by Crippen LogP contribution is -2.30. The van der Waals surface area contributed by atoms with E-state index >= 15 is 0 Å². The van der Waals surface area contributed by atoms with Gasteiger partial charge < -0.3 is 14.5 Å². The van der Waals surface area contributed by atoms with Crippen molar-refractivity contribution >= 4 is 30.3 Å². The first-order valence-corrected chi connectivity index (χ1v) is 3.92. The van der Waals surface area contributed by atoms with Crippen LogP contribution in [0.15, 0.2) is 22.6 Å². The van der Waals surface area contributed by atoms with E-state index in [1.54, 1.807) is 12.1 Å². The third kappa shape index (κ3) is 1.41. The second kappa shape index (κ2) is 3.24. The molecule has 0 atom stereocenters. The second-order valence-electron chi connectivity index (χ2n) is 2.77. The second-order valence-corrected chi connectivity index (χ2v) is 2.77. The van der Waals surface area contributed by atoms with Crippen molar-refractivity contribution in [1.29, 1.82) is 0 Å². The molecule has 0 unspecified atom stereocenters. The van der Waals surface area contributed by atoms with Gasteiger partial charge in [-0.25, -0.2) is 4.98 Å². The normalized spacial score (nSPS) is 10.4. The topological polar surface area (TPSA) is 83.6 Å². The molecule has 14 heavy (non-hydrogen) atoms. The predicted octanol–water partition coefficient (Wildman–Crippen LogP) is -0.680. The first-order chi connectivity index (χ1) is 6.70. The van der Waals surface area contributed by atoms with Gasteiger partial charge in [-0.3, -0.25) is 4.79 Å². The molecule has 0 saturated carbocycles. The lowest BCUT2D eigenvalue weighted by molar-refractivity contribution is 0.112. The van der Waals surface area contributed by atoms with Gasteiger partial charge in [0.1, 0.15) is 11.8 Å². The SMILES string of the molecule is O=Cc1ccc2oc(B(O)O)nc2c1. The number of carbonyl (C=O) groups excluding carboxylic acids is 1. The molecule has 0 saturated heterocycles. The van der Waals surface area contributed by atoms with E-state index in [2.05, 4.69) is 4.98 Å². The van der Waals surface area contributed by atoms with Gasteiger partial charge in [0.05, 0.1) is 0 Å². The number of fused-ring (bicyclic) bond motifs is 1. The van der Waals surface area contributed by atoms with Crippen LogP contribution in [-0.4, -0.2) is 28.4 Å². The Balaban J connectivity index is 2.59. The zero-order valence-electron chi connectivity index (χ0n) is 7.04. The van der Waals surface area contributed by atoms with Crippen LogP contribution >= 0.6 is 0 Å². The fourth-order valence-electron chi connectivity index (χ4n) is 1.15. The van der Waals surface area contributed by atoms with Crippen molar-refractivity contribution in [3.63, 3.8) is 0 Å². The Hall–Kier alpha value is -1.66. The number of oxazole rings is 1. The zero-order valence-corrected chi connectivity index (χ0v) is 7.04. The number of hydrogen-bond donors (Lipinski definition) is 2. The number of hydrogen-bond acceptors (Lipinski definition) is 5. The van der Waals surface area contributed by atoms with Crippen molar-refractivity contribution < 1.29 is 19.3 Å². The Morgan fingerprint density at radius 1 is 1.43 bits per heavy atom. The van der Waals surface area contributed by atoms with Crippen LogP contribution in [0.2, 0.25) is 0 Å². The van der Waals surface area contributed by atoms with Crippen LogP contribution < -0.4 is 5.79 Å². The molecule has 0 spiro atoms. The average molecular weight is 191 g/mol. The molecule has 1 heterocycles. The Bertz CT molecular complexity index is 479. The van der Waals surface area contributed by atoms with E-state index in [9.17, 15) is 4.79 Å². The summed E-state index contributed by atoms with van der Waals surface area (Å²) in [5.74, 6) is -0.178. The first-order valence-electron chi connectivity index (χ1n) is 3.92. The standard InChI is InChI=1S/C8H6BNO4/c11-4-5-1-2-7-6(3-5)10-8(14-7)9(12)13/h1-4,12-13H. The maximum Gasteiger partial charge on any atom is 0.548 e. The average Bonchev–Trinajstić information content (AvgIpc) is 2.59. The monoisotopic (exact) mass is 191 g/mol. The van der Waals surface area contributed by atoms with E-state index < -0.39 is 7.12 Å². The molecule has 1 aromatic carbocycles. The molecule has 1 aromatic heterocycles. The largest absolute Gasteiger partial charge is 0.548 e. The highest BCUT2D eigenvalue weighted by Crippen LogP contribution is 2.12. The molecule has 0 aliphatic rings. The van der Waals surface area contributed by atoms with Gasteiger partial charge >= 0.3 is 7.12 Å². The van der Waals surface area contributed by atoms with Gasteiger partial charge in [0.25, 0.3) is 0 Å². The highest BCUT2D eigenvalue weighted by atomic mass is 16.4. The van der Waals surface area contributed by atoms with E-state index in [-0.39, 0.29) is 5.79 Å². The smallest absolute Gasteiger partial charge is 0.444 e. The van der Waals surface area contributed by atoms with E-state index in [1.165, 1.54) is 6.07 Å². The fourth-order valence-corrected chi connectivity index (χ4v) is 1.15. The number of benzene rings is 1. The molecule has 70 valence electrons. The lowest BCUT2D eigenvalue weighted by atomic mass is 9.93. The van der Waals surface area contributed by atoms with Crippen molar-refractivity contribution in [2.45, 2.75) is 0 Å². The van der Waals surface area contributed by atoms with Crippen LogP contribution in [0.5, 0.6) is 0 Å². The van der Waals surface area contributed by atoms with Gasteiger partial charge in [0.15, 0.2) is 5.58 Å². The summed E-state index contributed by atoms with van der Waals surface area (Å²) >= 11 is 0. The van der Waals surface area contributed by atoms with Crippen LogP contribution in [0.25, 0.3) is 11.1 Å². The highest BCUT2D eigenvalue weighted by Gasteiger charge is 2.19. The van der Waals surface area contributed by atoms with Gasteiger partial charge in [0.2, 0.25) is 5.79 Å². The van der Waals surface area contributed by atoms with Gasteiger partial charge in [-0.15, -0.1) is 0 Å². The first kappa shape index (κ1) is 8.92. The van der Waals surface area contributed by atoms with Crippen LogP contribution in [0.4, 0.5) is 0 Å². The molecule has 0 radical (unpaired) electrons. The summed E-state index contributed by atoms with van der Waals surface area (Å²) in [4.78, 5) is 14.2. The van der Waals surface area contributed by atoms with Crippen molar-refractivity contribution in [2.24, 2.45) is 0 Å². The minimum Gasteiger partial charge on any atom is -0.444 e. The molecule has 6 heteroatoms. The van der Waals surface area contributed by atoms with Crippen molar-refractivity contribution in [1.82, 2.24) is 4.98 Å². The molecule has 2 N–H and O–H groups in total. The van der Waals surface area contributed by atoms with Gasteiger partial charge in [0, 0.05) is 5.56 Å². The van der Waals surface area contributed by atoms with Crippen LogP contribution in [0.3, 0.4) is 0 Å². The Morgan fingerprint density at radius 2 is 2.21 bits per heavy atom. The summed E-state index contributed by atoms with van der Waals surface area (Å²) in [6.45, 7) is 0. The predicted molar refractivity (Wildman–Crippen MR) is 49.2 cm³/mol. The summed E-state index contributed by atoms with van der Waals surface area (Å²) in [5.41, 5.74) is 1.31. The third-order valence-electron chi connectivity index (χ3n) is 1.79. The molecule has 0 amide bonds. The van der Waals surface area contributed by atoms with E-state index in [0.29, 0.717) is 22.9 Å². The number of aldehydes is 1. The Morgan fingerprint density at radius 3 is 2.86 bits per heavy atom. The number of rotatable bonds is 2. The summed E-state index contributed by atoms with van der Waals surface area (Å²) < 4.78 is 5.00. The molecular weight excluding hydrogens is 185 g/mol. The minimum absolute atomic E-state index is 0.178. The Kier molecular flexibility index (Phi) is 2.07. The van der Waals surface area contributed by atoms with Crippen LogP contribution in [-0.2, 0) is 0 Å². The molecule has 0 aliphatic heterocycles. The number of nitrogens with zero attached hydrogens (tertiary/aromatic N) is 1. The number of aromatic nitrogens is 1. The van der Waals surface area contributed by atoms with E-state index in [4.69, 9.17) is 14.5 Å². The Labute approximate surface area is 79.1 Å². The van der Waals surface area contributed by atoms with Crippen LogP contribution in [0, 0.1) is 0 Å². The third-order valence-corrected chi connectivity index (χ3v) is 1.79. The minimum atomic E-state index is -1.73. The number of carbonyl (C=O) groups is 1. The van der Waals surface area contributed by atoms with E-state index in [1.807, 2.05) is 0 Å². The van der Waals surface area contributed by atoms with Gasteiger partial charge in [-0.05, 0) is 18.2 Å². The molecule has 0 bridgehead atoms. The maximum atomic E-state index is 10.4. The van der Waals surface area contributed by atoms with Crippen molar-refractivity contribution in [3.05, 3.63) is 23.8 Å². The molecular formula is C8H6BNO4. The van der Waals surface area contributed by atoms with Crippen molar-refractivity contribution in [2.75, 3.05) is 0 Å². The van der Waals surface area contributed by atoms with Crippen molar-refractivity contribution in [3.8, 4) is 0 Å². The highest BCUT2D eigenvalue weighted by molar-refractivity contribution is 6.56. The molecule has 0 fully saturated rings. The fraction of sp³-hybridized carbons (Fsp3) is 0. The molecule has 2 aromatic rings. The van der Waals surface area contributed by atoms with E-state index in [0.717, 1.165) is 0 Å². The maximum absolute atomic E-state index is 10.4. The molecule has 0 aliphatic carbocycles. The lowest BCUT2D eigenvalue weighted by Gasteiger charge is -1.87. The van der Waals surface area contributed by atoms with Crippen LogP contribution in [0.1, 0.15) is 10.4 Å². The summed E-state index contributed by atoms with van der Waals surface area (Å²) in [5, 5.41) is 17.6. The quantitative estimate of drug-likeness (QED) is 0.485. The summed E-state index contributed by atoms with van der Waals surface area (Å²) in [6.07, 6.45) is 0.684. The molecule has 2 rings (SSSR count). The summed E-state index contributed by atoms with van der Waals surface area (Å²) in [6, 6.07) is 4.63. The molecule has 5 nitrogen and oxygen atoms in total. The van der Waals surface area contributed by atoms with Gasteiger partial charge in [-0.1, -0.05) is 0 Å². The zero-order chi connectivity index (χ0) is 10.1.